The van der Waals surface area contributed by atoms with Gasteiger partial charge in [-0.2, -0.15) is 0 Å². The van der Waals surface area contributed by atoms with E-state index in [0.717, 1.165) is 11.3 Å². The molecule has 0 saturated carbocycles. The second-order valence-corrected chi connectivity index (χ2v) is 2.76. The fourth-order valence-electron chi connectivity index (χ4n) is 0.967. The van der Waals surface area contributed by atoms with Crippen molar-refractivity contribution in [3.8, 4) is 5.88 Å². The number of rotatable bonds is 2. The summed E-state index contributed by atoms with van der Waals surface area (Å²) >= 11 is 5.92. The maximum absolute atomic E-state index is 5.92. The first-order chi connectivity index (χ1) is 5.69. The van der Waals surface area contributed by atoms with E-state index < -0.39 is 0 Å². The van der Waals surface area contributed by atoms with Gasteiger partial charge in [-0.15, -0.1) is 0 Å². The van der Waals surface area contributed by atoms with Gasteiger partial charge in [-0.25, -0.2) is 4.98 Å². The molecule has 0 N–H and O–H groups in total. The smallest absolute Gasteiger partial charge is 0.214 e. The largest absolute Gasteiger partial charge is 0.481 e. The lowest BCUT2D eigenvalue weighted by atomic mass is 10.2. The molecule has 0 fully saturated rings. The predicted molar refractivity (Wildman–Crippen MR) is 50.6 cm³/mol. The highest BCUT2D eigenvalue weighted by molar-refractivity contribution is 6.32. The third-order valence-electron chi connectivity index (χ3n) is 1.59. The minimum Gasteiger partial charge on any atom is -0.481 e. The maximum Gasteiger partial charge on any atom is 0.214 e. The van der Waals surface area contributed by atoms with Gasteiger partial charge in [0.2, 0.25) is 5.88 Å². The summed E-state index contributed by atoms with van der Waals surface area (Å²) in [6, 6.07) is 1.67. The van der Waals surface area contributed by atoms with Crippen LogP contribution in [0.15, 0.2) is 12.6 Å². The standard InChI is InChI=1S/C9H10ClNO/c1-4-7-6(2)11-9(12-3)5-8(7)10/h4-5H,1H2,2-3H3. The lowest BCUT2D eigenvalue weighted by Crippen LogP contribution is -1.93. The Bertz CT molecular complexity index is 286. The van der Waals surface area contributed by atoms with Gasteiger partial charge in [0, 0.05) is 11.6 Å². The molecule has 12 heavy (non-hydrogen) atoms. The van der Waals surface area contributed by atoms with Crippen LogP contribution in [0.1, 0.15) is 11.3 Å². The molecule has 0 aliphatic heterocycles. The van der Waals surface area contributed by atoms with Crippen LogP contribution in [0.25, 0.3) is 6.08 Å². The number of methoxy groups -OCH3 is 1. The zero-order valence-corrected chi connectivity index (χ0v) is 7.85. The minimum absolute atomic E-state index is 0.531. The molecule has 64 valence electrons. The maximum atomic E-state index is 5.92. The molecular weight excluding hydrogens is 174 g/mol. The molecule has 0 spiro atoms. The monoisotopic (exact) mass is 183 g/mol. The summed E-state index contributed by atoms with van der Waals surface area (Å²) in [5, 5.41) is 0.620. The molecule has 1 aromatic heterocycles. The number of pyridine rings is 1. The number of nitrogens with zero attached hydrogens (tertiary/aromatic N) is 1. The van der Waals surface area contributed by atoms with Gasteiger partial charge in [-0.3, -0.25) is 0 Å². The normalized spacial score (nSPS) is 9.58. The number of hydrogen-bond donors (Lipinski definition) is 0. The van der Waals surface area contributed by atoms with Crippen molar-refractivity contribution in [3.05, 3.63) is 28.9 Å². The van der Waals surface area contributed by atoms with Crippen LogP contribution in [-0.2, 0) is 0 Å². The van der Waals surface area contributed by atoms with Gasteiger partial charge >= 0.3 is 0 Å². The second kappa shape index (κ2) is 3.59. The van der Waals surface area contributed by atoms with Crippen molar-refractivity contribution in [2.24, 2.45) is 0 Å². The van der Waals surface area contributed by atoms with Crippen molar-refractivity contribution in [1.29, 1.82) is 0 Å². The molecule has 0 unspecified atom stereocenters. The fraction of sp³-hybridized carbons (Fsp3) is 0.222. The zero-order valence-electron chi connectivity index (χ0n) is 7.10. The number of hydrogen-bond acceptors (Lipinski definition) is 2. The van der Waals surface area contributed by atoms with Crippen LogP contribution in [0.4, 0.5) is 0 Å². The molecule has 0 amide bonds. The summed E-state index contributed by atoms with van der Waals surface area (Å²) in [7, 11) is 1.56. The van der Waals surface area contributed by atoms with E-state index in [0.29, 0.717) is 10.9 Å². The van der Waals surface area contributed by atoms with Crippen LogP contribution in [-0.4, -0.2) is 12.1 Å². The molecule has 0 bridgehead atoms. The third-order valence-corrected chi connectivity index (χ3v) is 1.90. The van der Waals surface area contributed by atoms with E-state index in [1.165, 1.54) is 0 Å². The van der Waals surface area contributed by atoms with E-state index in [9.17, 15) is 0 Å². The summed E-state index contributed by atoms with van der Waals surface area (Å²) in [5.41, 5.74) is 1.69. The Hall–Kier alpha value is -1.02. The van der Waals surface area contributed by atoms with Crippen molar-refractivity contribution in [1.82, 2.24) is 4.98 Å². The van der Waals surface area contributed by atoms with Crippen molar-refractivity contribution in [2.75, 3.05) is 7.11 Å². The average molecular weight is 184 g/mol. The van der Waals surface area contributed by atoms with Crippen LogP contribution in [0, 0.1) is 6.92 Å². The third kappa shape index (κ3) is 1.59. The Balaban J connectivity index is 3.27. The topological polar surface area (TPSA) is 22.1 Å². The molecule has 1 heterocycles. The van der Waals surface area contributed by atoms with Crippen molar-refractivity contribution >= 4 is 17.7 Å². The summed E-state index contributed by atoms with van der Waals surface area (Å²) in [6.45, 7) is 5.51. The number of aryl methyl sites for hydroxylation is 1. The molecule has 0 aliphatic carbocycles. The quantitative estimate of drug-likeness (QED) is 0.704. The van der Waals surface area contributed by atoms with E-state index in [2.05, 4.69) is 11.6 Å². The molecule has 1 rings (SSSR count). The van der Waals surface area contributed by atoms with Gasteiger partial charge in [0.25, 0.3) is 0 Å². The van der Waals surface area contributed by atoms with E-state index in [4.69, 9.17) is 16.3 Å². The Labute approximate surface area is 76.8 Å². The Morgan fingerprint density at radius 1 is 1.67 bits per heavy atom. The highest BCUT2D eigenvalue weighted by Gasteiger charge is 2.04. The highest BCUT2D eigenvalue weighted by atomic mass is 35.5. The molecule has 1 aromatic rings. The van der Waals surface area contributed by atoms with Gasteiger partial charge in [-0.1, -0.05) is 24.3 Å². The number of ether oxygens (including phenoxy) is 1. The Morgan fingerprint density at radius 3 is 2.75 bits per heavy atom. The molecule has 0 atom stereocenters. The van der Waals surface area contributed by atoms with Gasteiger partial charge < -0.3 is 4.74 Å². The van der Waals surface area contributed by atoms with Crippen LogP contribution in [0.2, 0.25) is 5.02 Å². The molecule has 3 heteroatoms. The molecule has 0 radical (unpaired) electrons. The average Bonchev–Trinajstić information content (AvgIpc) is 2.03. The SMILES string of the molecule is C=Cc1c(Cl)cc(OC)nc1C. The summed E-state index contributed by atoms with van der Waals surface area (Å²) in [6.07, 6.45) is 1.68. The first-order valence-corrected chi connectivity index (χ1v) is 3.90. The van der Waals surface area contributed by atoms with Gasteiger partial charge in [0.15, 0.2) is 0 Å². The molecular formula is C9H10ClNO. The summed E-state index contributed by atoms with van der Waals surface area (Å²) < 4.78 is 4.95. The highest BCUT2D eigenvalue weighted by Crippen LogP contribution is 2.23. The van der Waals surface area contributed by atoms with Crippen molar-refractivity contribution in [3.63, 3.8) is 0 Å². The summed E-state index contributed by atoms with van der Waals surface area (Å²) in [4.78, 5) is 4.15. The Kier molecular flexibility index (Phi) is 2.71. The second-order valence-electron chi connectivity index (χ2n) is 2.35. The first-order valence-electron chi connectivity index (χ1n) is 3.52. The van der Waals surface area contributed by atoms with Gasteiger partial charge in [0.1, 0.15) is 0 Å². The zero-order chi connectivity index (χ0) is 9.14. The minimum atomic E-state index is 0.531. The van der Waals surface area contributed by atoms with Crippen molar-refractivity contribution in [2.45, 2.75) is 6.92 Å². The fourth-order valence-corrected chi connectivity index (χ4v) is 1.27. The lowest BCUT2D eigenvalue weighted by Gasteiger charge is -2.05. The molecule has 0 saturated heterocycles. The van der Waals surface area contributed by atoms with Crippen LogP contribution in [0.3, 0.4) is 0 Å². The number of halogens is 1. The molecule has 2 nitrogen and oxygen atoms in total. The van der Waals surface area contributed by atoms with Crippen molar-refractivity contribution < 1.29 is 4.74 Å². The molecule has 0 aliphatic rings. The predicted octanol–water partition coefficient (Wildman–Crippen LogP) is 2.70. The van der Waals surface area contributed by atoms with Crippen LogP contribution < -0.4 is 4.74 Å². The van der Waals surface area contributed by atoms with Gasteiger partial charge in [-0.05, 0) is 6.92 Å². The van der Waals surface area contributed by atoms with E-state index in [1.807, 2.05) is 6.92 Å². The van der Waals surface area contributed by atoms with E-state index in [-0.39, 0.29) is 0 Å². The van der Waals surface area contributed by atoms with E-state index in [1.54, 1.807) is 19.3 Å². The Morgan fingerprint density at radius 2 is 2.33 bits per heavy atom. The summed E-state index contributed by atoms with van der Waals surface area (Å²) in [5.74, 6) is 0.531. The molecule has 0 aromatic carbocycles. The first kappa shape index (κ1) is 9.07. The number of aromatic nitrogens is 1. The van der Waals surface area contributed by atoms with E-state index >= 15 is 0 Å². The van der Waals surface area contributed by atoms with Gasteiger partial charge in [0.05, 0.1) is 17.8 Å². The lowest BCUT2D eigenvalue weighted by molar-refractivity contribution is 0.397. The van der Waals surface area contributed by atoms with Crippen LogP contribution >= 0.6 is 11.6 Å². The van der Waals surface area contributed by atoms with Crippen LogP contribution in [0.5, 0.6) is 5.88 Å².